The van der Waals surface area contributed by atoms with Crippen LogP contribution in [0.1, 0.15) is 27.8 Å². The van der Waals surface area contributed by atoms with Crippen molar-refractivity contribution in [2.45, 2.75) is 26.8 Å². The van der Waals surface area contributed by atoms with Gasteiger partial charge in [0.05, 0.1) is 18.0 Å². The van der Waals surface area contributed by atoms with Crippen LogP contribution in [0.4, 0.5) is 11.4 Å². The van der Waals surface area contributed by atoms with E-state index in [1.54, 1.807) is 0 Å². The van der Waals surface area contributed by atoms with Crippen molar-refractivity contribution < 1.29 is 4.79 Å². The van der Waals surface area contributed by atoms with Gasteiger partial charge in [0, 0.05) is 18.7 Å². The molecule has 0 saturated carbocycles. The molecule has 0 saturated heterocycles. The summed E-state index contributed by atoms with van der Waals surface area (Å²) in [4.78, 5) is 22.4. The predicted octanol–water partition coefficient (Wildman–Crippen LogP) is 4.79. The SMILES string of the molecule is Cc1ccc(N=C2C(=O)N(CN3CCc4ccccc4C3)c3ccccc32)cc1C. The summed E-state index contributed by atoms with van der Waals surface area (Å²) >= 11 is 0. The molecule has 2 heterocycles. The second-order valence-corrected chi connectivity index (χ2v) is 8.19. The highest BCUT2D eigenvalue weighted by molar-refractivity contribution is 6.54. The van der Waals surface area contributed by atoms with E-state index in [0.29, 0.717) is 12.4 Å². The van der Waals surface area contributed by atoms with Crippen LogP contribution >= 0.6 is 0 Å². The summed E-state index contributed by atoms with van der Waals surface area (Å²) in [5.74, 6) is -0.0201. The van der Waals surface area contributed by atoms with Gasteiger partial charge in [-0.2, -0.15) is 0 Å². The summed E-state index contributed by atoms with van der Waals surface area (Å²) in [6, 6.07) is 22.7. The van der Waals surface area contributed by atoms with Crippen molar-refractivity contribution in [3.05, 3.63) is 94.5 Å². The number of fused-ring (bicyclic) bond motifs is 2. The normalized spacial score (nSPS) is 17.3. The maximum Gasteiger partial charge on any atom is 0.278 e. The third-order valence-electron chi connectivity index (χ3n) is 6.18. The minimum Gasteiger partial charge on any atom is -0.293 e. The minimum atomic E-state index is -0.0201. The lowest BCUT2D eigenvalue weighted by Crippen LogP contribution is -2.43. The van der Waals surface area contributed by atoms with Crippen LogP contribution in [0.25, 0.3) is 0 Å². The number of amides is 1. The fourth-order valence-electron chi connectivity index (χ4n) is 4.31. The first-order chi connectivity index (χ1) is 14.6. The summed E-state index contributed by atoms with van der Waals surface area (Å²) < 4.78 is 0. The fourth-order valence-corrected chi connectivity index (χ4v) is 4.31. The van der Waals surface area contributed by atoms with Gasteiger partial charge in [-0.15, -0.1) is 0 Å². The van der Waals surface area contributed by atoms with E-state index >= 15 is 0 Å². The average molecular weight is 396 g/mol. The number of anilines is 1. The Morgan fingerprint density at radius 1 is 0.900 bits per heavy atom. The summed E-state index contributed by atoms with van der Waals surface area (Å²) in [5, 5.41) is 0. The van der Waals surface area contributed by atoms with Gasteiger partial charge in [-0.05, 0) is 60.7 Å². The van der Waals surface area contributed by atoms with E-state index in [1.807, 2.05) is 41.3 Å². The molecule has 30 heavy (non-hydrogen) atoms. The van der Waals surface area contributed by atoms with Gasteiger partial charge < -0.3 is 0 Å². The number of hydrogen-bond donors (Lipinski definition) is 0. The minimum absolute atomic E-state index is 0.0201. The molecule has 0 fully saturated rings. The number of aryl methyl sites for hydroxylation is 2. The van der Waals surface area contributed by atoms with Crippen LogP contribution in [-0.4, -0.2) is 29.7 Å². The van der Waals surface area contributed by atoms with Crippen LogP contribution in [0, 0.1) is 13.8 Å². The zero-order valence-corrected chi connectivity index (χ0v) is 17.4. The lowest BCUT2D eigenvalue weighted by atomic mass is 10.0. The van der Waals surface area contributed by atoms with Gasteiger partial charge in [0.1, 0.15) is 5.71 Å². The molecule has 2 aliphatic rings. The Kier molecular flexibility index (Phi) is 4.72. The Hall–Kier alpha value is -3.24. The average Bonchev–Trinajstić information content (AvgIpc) is 3.02. The van der Waals surface area contributed by atoms with E-state index in [-0.39, 0.29) is 5.91 Å². The molecule has 3 aromatic carbocycles. The van der Waals surface area contributed by atoms with Gasteiger partial charge in [-0.3, -0.25) is 14.6 Å². The molecule has 2 aliphatic heterocycles. The Labute approximate surface area is 177 Å². The maximum atomic E-state index is 13.4. The predicted molar refractivity (Wildman–Crippen MR) is 121 cm³/mol. The summed E-state index contributed by atoms with van der Waals surface area (Å²) in [6.07, 6.45) is 1.02. The first-order valence-electron chi connectivity index (χ1n) is 10.5. The van der Waals surface area contributed by atoms with Crippen LogP contribution in [0.5, 0.6) is 0 Å². The number of rotatable bonds is 3. The van der Waals surface area contributed by atoms with Crippen molar-refractivity contribution in [1.29, 1.82) is 0 Å². The van der Waals surface area contributed by atoms with Gasteiger partial charge in [0.25, 0.3) is 5.91 Å². The lowest BCUT2D eigenvalue weighted by Gasteiger charge is -2.32. The molecule has 0 N–H and O–H groups in total. The van der Waals surface area contributed by atoms with Crippen LogP contribution in [0.15, 0.2) is 71.7 Å². The molecule has 150 valence electrons. The molecule has 0 atom stereocenters. The summed E-state index contributed by atoms with van der Waals surface area (Å²) in [7, 11) is 0. The van der Waals surface area contributed by atoms with Crippen LogP contribution in [0.2, 0.25) is 0 Å². The number of hydrogen-bond acceptors (Lipinski definition) is 3. The maximum absolute atomic E-state index is 13.4. The number of carbonyl (C=O) groups is 1. The van der Waals surface area contributed by atoms with E-state index < -0.39 is 0 Å². The van der Waals surface area contributed by atoms with Crippen LogP contribution < -0.4 is 4.90 Å². The van der Waals surface area contributed by atoms with Crippen molar-refractivity contribution in [2.75, 3.05) is 18.1 Å². The molecular weight excluding hydrogens is 370 g/mol. The van der Waals surface area contributed by atoms with Crippen molar-refractivity contribution in [3.8, 4) is 0 Å². The Bertz CT molecular complexity index is 1160. The summed E-state index contributed by atoms with van der Waals surface area (Å²) in [5.41, 5.74) is 8.40. The van der Waals surface area contributed by atoms with Gasteiger partial charge in [-0.1, -0.05) is 48.5 Å². The van der Waals surface area contributed by atoms with Crippen LogP contribution in [0.3, 0.4) is 0 Å². The van der Waals surface area contributed by atoms with E-state index in [2.05, 4.69) is 49.1 Å². The molecule has 4 heteroatoms. The van der Waals surface area contributed by atoms with Gasteiger partial charge in [0.2, 0.25) is 0 Å². The number of carbonyl (C=O) groups excluding carboxylic acids is 1. The van der Waals surface area contributed by atoms with Crippen molar-refractivity contribution in [2.24, 2.45) is 4.99 Å². The molecule has 1 amide bonds. The first kappa shape index (κ1) is 18.8. The molecule has 5 rings (SSSR count). The second kappa shape index (κ2) is 7.54. The molecule has 0 spiro atoms. The van der Waals surface area contributed by atoms with Crippen molar-refractivity contribution >= 4 is 23.0 Å². The zero-order valence-electron chi connectivity index (χ0n) is 17.4. The highest BCUT2D eigenvalue weighted by Crippen LogP contribution is 2.32. The largest absolute Gasteiger partial charge is 0.293 e. The van der Waals surface area contributed by atoms with E-state index in [0.717, 1.165) is 36.4 Å². The van der Waals surface area contributed by atoms with Crippen molar-refractivity contribution in [3.63, 3.8) is 0 Å². The summed E-state index contributed by atoms with van der Waals surface area (Å²) in [6.45, 7) is 6.55. The van der Waals surface area contributed by atoms with Gasteiger partial charge >= 0.3 is 0 Å². The van der Waals surface area contributed by atoms with Gasteiger partial charge in [-0.25, -0.2) is 4.99 Å². The molecular formula is C26H25N3O. The van der Waals surface area contributed by atoms with Gasteiger partial charge in [0.15, 0.2) is 0 Å². The fraction of sp³-hybridized carbons (Fsp3) is 0.231. The Balaban J connectivity index is 1.45. The topological polar surface area (TPSA) is 35.9 Å². The monoisotopic (exact) mass is 395 g/mol. The molecule has 0 unspecified atom stereocenters. The highest BCUT2D eigenvalue weighted by atomic mass is 16.2. The lowest BCUT2D eigenvalue weighted by molar-refractivity contribution is -0.112. The zero-order chi connectivity index (χ0) is 20.7. The van der Waals surface area contributed by atoms with E-state index in [9.17, 15) is 4.79 Å². The third kappa shape index (κ3) is 3.33. The Morgan fingerprint density at radius 2 is 1.67 bits per heavy atom. The third-order valence-corrected chi connectivity index (χ3v) is 6.18. The molecule has 0 aromatic heterocycles. The molecule has 4 nitrogen and oxygen atoms in total. The van der Waals surface area contributed by atoms with E-state index in [1.165, 1.54) is 22.3 Å². The van der Waals surface area contributed by atoms with Crippen molar-refractivity contribution in [1.82, 2.24) is 4.90 Å². The number of nitrogens with zero attached hydrogens (tertiary/aromatic N) is 3. The second-order valence-electron chi connectivity index (χ2n) is 8.19. The standard InChI is InChI=1S/C26H25N3O/c1-18-11-12-22(15-19(18)2)27-25-23-9-5-6-10-24(23)29(26(25)30)17-28-14-13-20-7-3-4-8-21(20)16-28/h3-12,15H,13-14,16-17H2,1-2H3. The van der Waals surface area contributed by atoms with E-state index in [4.69, 9.17) is 4.99 Å². The number of para-hydroxylation sites is 1. The number of benzene rings is 3. The smallest absolute Gasteiger partial charge is 0.278 e. The molecule has 0 bridgehead atoms. The van der Waals surface area contributed by atoms with Crippen LogP contribution in [-0.2, 0) is 17.8 Å². The first-order valence-corrected chi connectivity index (χ1v) is 10.5. The number of aliphatic imine (C=N–C) groups is 1. The molecule has 3 aromatic rings. The molecule has 0 radical (unpaired) electrons. The Morgan fingerprint density at radius 3 is 2.50 bits per heavy atom. The molecule has 0 aliphatic carbocycles. The quantitative estimate of drug-likeness (QED) is 0.639. The highest BCUT2D eigenvalue weighted by Gasteiger charge is 2.35.